The maximum atomic E-state index is 12.7. The van der Waals surface area contributed by atoms with Crippen LogP contribution in [0, 0.1) is 0 Å². The maximum Gasteiger partial charge on any atom is 0.294 e. The van der Waals surface area contributed by atoms with Crippen LogP contribution in [-0.4, -0.2) is 21.5 Å². The first-order valence-corrected chi connectivity index (χ1v) is 11.2. The van der Waals surface area contributed by atoms with Gasteiger partial charge in [0.2, 0.25) is 5.58 Å². The highest BCUT2D eigenvalue weighted by Gasteiger charge is 2.31. The molecule has 30 heavy (non-hydrogen) atoms. The number of aromatic nitrogens is 3. The van der Waals surface area contributed by atoms with Crippen molar-refractivity contribution in [3.63, 3.8) is 0 Å². The minimum absolute atomic E-state index is 0.209. The van der Waals surface area contributed by atoms with Gasteiger partial charge in [0.05, 0.1) is 16.8 Å². The summed E-state index contributed by atoms with van der Waals surface area (Å²) in [6.45, 7) is 1.72. The molecule has 0 aliphatic carbocycles. The van der Waals surface area contributed by atoms with Crippen LogP contribution in [0.4, 0.5) is 0 Å². The van der Waals surface area contributed by atoms with E-state index in [1.165, 1.54) is 27.4 Å². The Hall–Kier alpha value is -3.03. The van der Waals surface area contributed by atoms with Gasteiger partial charge in [-0.25, -0.2) is 9.97 Å². The Morgan fingerprint density at radius 2 is 1.97 bits per heavy atom. The van der Waals surface area contributed by atoms with E-state index in [-0.39, 0.29) is 5.56 Å². The molecule has 1 saturated heterocycles. The van der Waals surface area contributed by atoms with Gasteiger partial charge in [-0.1, -0.05) is 24.3 Å². The molecule has 150 valence electrons. The van der Waals surface area contributed by atoms with Crippen LogP contribution in [0.2, 0.25) is 0 Å². The zero-order valence-electron chi connectivity index (χ0n) is 16.4. The largest absolute Gasteiger partial charge is 0.449 e. The summed E-state index contributed by atoms with van der Waals surface area (Å²) < 4.78 is 6.96. The summed E-state index contributed by atoms with van der Waals surface area (Å²) in [6.07, 6.45) is 3.49. The average Bonchev–Trinajstić information content (AvgIpc) is 3.36. The van der Waals surface area contributed by atoms with Crippen LogP contribution >= 0.6 is 11.3 Å². The number of hydrogen-bond donors (Lipinski definition) is 2. The predicted octanol–water partition coefficient (Wildman–Crippen LogP) is 3.59. The lowest BCUT2D eigenvalue weighted by molar-refractivity contribution is -0.950. The van der Waals surface area contributed by atoms with Gasteiger partial charge in [-0.05, 0) is 37.1 Å². The number of H-pyrrole nitrogens is 1. The highest BCUT2D eigenvalue weighted by Crippen LogP contribution is 2.29. The first-order valence-electron chi connectivity index (χ1n) is 10.4. The van der Waals surface area contributed by atoms with Crippen LogP contribution in [0.5, 0.6) is 0 Å². The zero-order chi connectivity index (χ0) is 20.1. The second-order valence-electron chi connectivity index (χ2n) is 7.94. The maximum absolute atomic E-state index is 12.7. The minimum Gasteiger partial charge on any atom is -0.449 e. The fourth-order valence-corrected chi connectivity index (χ4v) is 5.73. The van der Waals surface area contributed by atoms with Gasteiger partial charge in [-0.3, -0.25) is 4.79 Å². The molecular weight excluding hydrogens is 396 g/mol. The number of rotatable bonds is 3. The monoisotopic (exact) mass is 417 g/mol. The van der Waals surface area contributed by atoms with Crippen LogP contribution in [-0.2, 0) is 6.54 Å². The van der Waals surface area contributed by atoms with Gasteiger partial charge < -0.3 is 14.3 Å². The number of aromatic amines is 1. The van der Waals surface area contributed by atoms with Crippen molar-refractivity contribution in [3.8, 4) is 0 Å². The van der Waals surface area contributed by atoms with Crippen LogP contribution in [0.25, 0.3) is 32.3 Å². The third-order valence-corrected chi connectivity index (χ3v) is 7.17. The number of furan rings is 1. The van der Waals surface area contributed by atoms with Crippen molar-refractivity contribution in [2.24, 2.45) is 0 Å². The molecule has 0 radical (unpaired) electrons. The number of nitrogens with zero attached hydrogens (tertiary/aromatic N) is 2. The van der Waals surface area contributed by atoms with Crippen LogP contribution in [0.3, 0.4) is 0 Å². The van der Waals surface area contributed by atoms with Crippen LogP contribution in [0.1, 0.15) is 36.1 Å². The molecule has 2 aromatic carbocycles. The van der Waals surface area contributed by atoms with E-state index < -0.39 is 0 Å². The fourth-order valence-electron chi connectivity index (χ4n) is 4.57. The summed E-state index contributed by atoms with van der Waals surface area (Å²) in [5.74, 6) is 0.710. The van der Waals surface area contributed by atoms with E-state index in [2.05, 4.69) is 23.2 Å². The summed E-state index contributed by atoms with van der Waals surface area (Å²) in [4.78, 5) is 26.8. The summed E-state index contributed by atoms with van der Waals surface area (Å²) in [5, 5.41) is 2.07. The van der Waals surface area contributed by atoms with Crippen molar-refractivity contribution in [2.45, 2.75) is 31.8 Å². The smallest absolute Gasteiger partial charge is 0.294 e. The van der Waals surface area contributed by atoms with Crippen molar-refractivity contribution >= 4 is 43.6 Å². The van der Waals surface area contributed by atoms with E-state index >= 15 is 0 Å². The van der Waals surface area contributed by atoms with Gasteiger partial charge >= 0.3 is 0 Å². The molecular formula is C23H21N4O2S+. The van der Waals surface area contributed by atoms with Gasteiger partial charge in [0.25, 0.3) is 5.56 Å². The van der Waals surface area contributed by atoms with Gasteiger partial charge in [0.1, 0.15) is 23.7 Å². The normalized spacial score (nSPS) is 19.7. The summed E-state index contributed by atoms with van der Waals surface area (Å²) >= 11 is 1.79. The van der Waals surface area contributed by atoms with E-state index in [9.17, 15) is 4.79 Å². The molecule has 6 nitrogen and oxygen atoms in total. The number of piperidine rings is 1. The number of quaternary nitrogens is 1. The Bertz CT molecular complexity index is 1400. The Labute approximate surface area is 176 Å². The number of hydrogen-bond acceptors (Lipinski definition) is 5. The Balaban J connectivity index is 1.38. The van der Waals surface area contributed by atoms with Crippen LogP contribution in [0.15, 0.2) is 57.7 Å². The number of benzene rings is 2. The van der Waals surface area contributed by atoms with Crippen LogP contribution < -0.4 is 10.5 Å². The Morgan fingerprint density at radius 1 is 1.10 bits per heavy atom. The van der Waals surface area contributed by atoms with Gasteiger partial charge in [0.15, 0.2) is 10.8 Å². The van der Waals surface area contributed by atoms with E-state index in [0.717, 1.165) is 23.9 Å². The first kappa shape index (κ1) is 17.8. The number of likely N-dealkylation sites (tertiary alicyclic amines) is 1. The molecule has 4 heterocycles. The van der Waals surface area contributed by atoms with Crippen molar-refractivity contribution in [3.05, 3.63) is 69.7 Å². The Kier molecular flexibility index (Phi) is 4.17. The third kappa shape index (κ3) is 2.93. The summed E-state index contributed by atoms with van der Waals surface area (Å²) in [7, 11) is 0. The van der Waals surface area contributed by atoms with Crippen molar-refractivity contribution in [1.29, 1.82) is 0 Å². The van der Waals surface area contributed by atoms with Gasteiger partial charge in [-0.15, -0.1) is 11.3 Å². The molecule has 5 aromatic rings. The molecule has 0 bridgehead atoms. The fraction of sp³-hybridized carbons (Fsp3) is 0.261. The first-order chi connectivity index (χ1) is 14.8. The molecule has 6 rings (SSSR count). The topological polar surface area (TPSA) is 76.2 Å². The number of thiazole rings is 1. The van der Waals surface area contributed by atoms with E-state index in [4.69, 9.17) is 14.4 Å². The molecule has 7 heteroatoms. The lowest BCUT2D eigenvalue weighted by atomic mass is 10.0. The standard InChI is InChI=1S/C23H20N4O2S/c28-22-21-20(14-7-1-3-10-17(14)29-21)25-19(26-22)13-27-12-6-5-9-16(27)23-24-15-8-2-4-11-18(15)30-23/h1-4,7-8,10-11,16H,5-6,9,12-13H2,(H,25,26,28)/p+1/t16-/m1/s1. The molecule has 0 saturated carbocycles. The quantitative estimate of drug-likeness (QED) is 0.470. The molecule has 1 unspecified atom stereocenters. The van der Waals surface area contributed by atoms with Crippen molar-refractivity contribution < 1.29 is 9.32 Å². The minimum atomic E-state index is -0.209. The zero-order valence-corrected chi connectivity index (χ0v) is 17.2. The highest BCUT2D eigenvalue weighted by atomic mass is 32.1. The SMILES string of the molecule is O=c1[nH]c(C[NH+]2CCCC[C@@H]2c2nc3ccccc3s2)nc2c1oc1ccccc12. The van der Waals surface area contributed by atoms with Crippen molar-refractivity contribution in [2.75, 3.05) is 6.54 Å². The third-order valence-electron chi connectivity index (χ3n) is 6.02. The highest BCUT2D eigenvalue weighted by molar-refractivity contribution is 7.18. The second-order valence-corrected chi connectivity index (χ2v) is 9.00. The van der Waals surface area contributed by atoms with E-state index in [0.29, 0.717) is 35.1 Å². The lowest BCUT2D eigenvalue weighted by Gasteiger charge is -2.30. The molecule has 3 aromatic heterocycles. The molecule has 2 atom stereocenters. The lowest BCUT2D eigenvalue weighted by Crippen LogP contribution is -3.11. The average molecular weight is 418 g/mol. The molecule has 1 aliphatic heterocycles. The van der Waals surface area contributed by atoms with Gasteiger partial charge in [-0.2, -0.15) is 0 Å². The molecule has 0 spiro atoms. The van der Waals surface area contributed by atoms with Crippen molar-refractivity contribution in [1.82, 2.24) is 15.0 Å². The number of fused-ring (bicyclic) bond motifs is 4. The Morgan fingerprint density at radius 3 is 2.90 bits per heavy atom. The van der Waals surface area contributed by atoms with E-state index in [1.54, 1.807) is 11.3 Å². The van der Waals surface area contributed by atoms with Gasteiger partial charge in [0, 0.05) is 11.8 Å². The molecule has 1 aliphatic rings. The molecule has 0 amide bonds. The number of para-hydroxylation sites is 2. The second kappa shape index (κ2) is 7.04. The molecule has 2 N–H and O–H groups in total. The number of nitrogens with one attached hydrogen (secondary N) is 2. The predicted molar refractivity (Wildman–Crippen MR) is 118 cm³/mol. The summed E-state index contributed by atoms with van der Waals surface area (Å²) in [6, 6.07) is 16.3. The molecule has 1 fully saturated rings. The summed E-state index contributed by atoms with van der Waals surface area (Å²) in [5.41, 5.74) is 2.51. The van der Waals surface area contributed by atoms with E-state index in [1.807, 2.05) is 30.3 Å².